The van der Waals surface area contributed by atoms with E-state index < -0.39 is 6.09 Å². The first-order chi connectivity index (χ1) is 8.08. The Morgan fingerprint density at radius 1 is 1.18 bits per heavy atom. The lowest BCUT2D eigenvalue weighted by molar-refractivity contribution is -0.137. The summed E-state index contributed by atoms with van der Waals surface area (Å²) in [5.41, 5.74) is 0. The second-order valence-corrected chi connectivity index (χ2v) is 4.30. The minimum Gasteiger partial charge on any atom is -0.465 e. The highest BCUT2D eigenvalue weighted by Crippen LogP contribution is 2.14. The first-order valence-electron chi connectivity index (χ1n) is 5.61. The molecule has 2 rings (SSSR count). The number of nitrogens with zero attached hydrogens (tertiary/aromatic N) is 2. The van der Waals surface area contributed by atoms with E-state index in [0.29, 0.717) is 32.7 Å². The molecule has 1 unspecified atom stereocenters. The number of carbonyl (C=O) groups is 3. The summed E-state index contributed by atoms with van der Waals surface area (Å²) in [4.78, 5) is 36.6. The summed E-state index contributed by atoms with van der Waals surface area (Å²) in [5.74, 6) is -0.417. The van der Waals surface area contributed by atoms with Crippen LogP contribution in [-0.4, -0.2) is 65.5 Å². The van der Waals surface area contributed by atoms with Crippen molar-refractivity contribution < 1.29 is 19.5 Å². The Kier molecular flexibility index (Phi) is 3.16. The molecule has 2 fully saturated rings. The number of piperazine rings is 1. The number of hydrogen-bond donors (Lipinski definition) is 2. The highest BCUT2D eigenvalue weighted by Gasteiger charge is 2.33. The maximum Gasteiger partial charge on any atom is 0.407 e. The average Bonchev–Trinajstić information content (AvgIpc) is 2.75. The van der Waals surface area contributed by atoms with Crippen LogP contribution in [0.15, 0.2) is 0 Å². The molecule has 2 N–H and O–H groups in total. The van der Waals surface area contributed by atoms with Crippen LogP contribution >= 0.6 is 0 Å². The van der Waals surface area contributed by atoms with E-state index in [2.05, 4.69) is 5.32 Å². The van der Waals surface area contributed by atoms with Crippen molar-refractivity contribution in [2.24, 2.45) is 5.92 Å². The van der Waals surface area contributed by atoms with E-state index in [0.717, 1.165) is 0 Å². The van der Waals surface area contributed by atoms with Gasteiger partial charge in [0.25, 0.3) is 0 Å². The summed E-state index contributed by atoms with van der Waals surface area (Å²) in [6.45, 7) is 1.91. The fraction of sp³-hybridized carbons (Fsp3) is 0.700. The van der Waals surface area contributed by atoms with E-state index in [-0.39, 0.29) is 24.2 Å². The Hall–Kier alpha value is -1.79. The van der Waals surface area contributed by atoms with Gasteiger partial charge in [0.15, 0.2) is 0 Å². The standard InChI is InChI=1S/C10H15N3O4/c14-8-5-7(6-11-8)9(15)12-1-3-13(4-2-12)10(16)17/h7H,1-6H2,(H,11,14)(H,16,17). The molecule has 0 bridgehead atoms. The topological polar surface area (TPSA) is 90.0 Å². The van der Waals surface area contributed by atoms with Gasteiger partial charge in [0, 0.05) is 39.1 Å². The number of amides is 3. The third kappa shape index (κ3) is 2.48. The van der Waals surface area contributed by atoms with Crippen molar-refractivity contribution in [1.29, 1.82) is 0 Å². The van der Waals surface area contributed by atoms with Crippen molar-refractivity contribution in [1.82, 2.24) is 15.1 Å². The molecule has 2 aliphatic rings. The van der Waals surface area contributed by atoms with Crippen molar-refractivity contribution in [3.05, 3.63) is 0 Å². The van der Waals surface area contributed by atoms with Crippen LogP contribution in [0.4, 0.5) is 4.79 Å². The van der Waals surface area contributed by atoms with Gasteiger partial charge in [0.05, 0.1) is 5.92 Å². The number of carboxylic acid groups (broad SMARTS) is 1. The van der Waals surface area contributed by atoms with E-state index in [9.17, 15) is 14.4 Å². The molecular formula is C10H15N3O4. The zero-order chi connectivity index (χ0) is 12.4. The number of nitrogens with one attached hydrogen (secondary N) is 1. The summed E-state index contributed by atoms with van der Waals surface area (Å²) in [7, 11) is 0. The summed E-state index contributed by atoms with van der Waals surface area (Å²) in [6.07, 6.45) is -0.701. The van der Waals surface area contributed by atoms with Gasteiger partial charge < -0.3 is 20.2 Å². The normalized spacial score (nSPS) is 24.7. The lowest BCUT2D eigenvalue weighted by Crippen LogP contribution is -2.51. The molecule has 0 spiro atoms. The van der Waals surface area contributed by atoms with Crippen molar-refractivity contribution in [3.8, 4) is 0 Å². The third-order valence-corrected chi connectivity index (χ3v) is 3.19. The summed E-state index contributed by atoms with van der Waals surface area (Å²) >= 11 is 0. The quantitative estimate of drug-likeness (QED) is 0.612. The Morgan fingerprint density at radius 2 is 1.76 bits per heavy atom. The van der Waals surface area contributed by atoms with Crippen LogP contribution in [0.1, 0.15) is 6.42 Å². The van der Waals surface area contributed by atoms with Crippen molar-refractivity contribution >= 4 is 17.9 Å². The largest absolute Gasteiger partial charge is 0.465 e. The highest BCUT2D eigenvalue weighted by molar-refractivity contribution is 5.89. The Labute approximate surface area is 98.4 Å². The molecule has 7 nitrogen and oxygen atoms in total. The highest BCUT2D eigenvalue weighted by atomic mass is 16.4. The summed E-state index contributed by atoms with van der Waals surface area (Å²) in [5, 5.41) is 11.4. The number of hydrogen-bond acceptors (Lipinski definition) is 3. The van der Waals surface area contributed by atoms with Crippen LogP contribution in [0.2, 0.25) is 0 Å². The zero-order valence-electron chi connectivity index (χ0n) is 9.39. The van der Waals surface area contributed by atoms with Gasteiger partial charge >= 0.3 is 6.09 Å². The Morgan fingerprint density at radius 3 is 2.24 bits per heavy atom. The van der Waals surface area contributed by atoms with Gasteiger partial charge in [0.2, 0.25) is 11.8 Å². The smallest absolute Gasteiger partial charge is 0.407 e. The van der Waals surface area contributed by atoms with E-state index in [4.69, 9.17) is 5.11 Å². The molecule has 1 atom stereocenters. The fourth-order valence-corrected chi connectivity index (χ4v) is 2.16. The molecule has 0 aliphatic carbocycles. The molecule has 0 aromatic rings. The molecule has 0 aromatic heterocycles. The van der Waals surface area contributed by atoms with Crippen molar-refractivity contribution in [2.45, 2.75) is 6.42 Å². The van der Waals surface area contributed by atoms with Gasteiger partial charge in [-0.2, -0.15) is 0 Å². The second-order valence-electron chi connectivity index (χ2n) is 4.30. The van der Waals surface area contributed by atoms with Crippen molar-refractivity contribution in [3.63, 3.8) is 0 Å². The van der Waals surface area contributed by atoms with Gasteiger partial charge in [0.1, 0.15) is 0 Å². The van der Waals surface area contributed by atoms with Crippen LogP contribution in [-0.2, 0) is 9.59 Å². The van der Waals surface area contributed by atoms with Crippen LogP contribution in [0.5, 0.6) is 0 Å². The average molecular weight is 241 g/mol. The van der Waals surface area contributed by atoms with E-state index >= 15 is 0 Å². The molecule has 0 aromatic carbocycles. The van der Waals surface area contributed by atoms with Crippen LogP contribution in [0, 0.1) is 5.92 Å². The maximum atomic E-state index is 12.0. The van der Waals surface area contributed by atoms with Gasteiger partial charge in [-0.15, -0.1) is 0 Å². The number of carbonyl (C=O) groups excluding carboxylic acids is 2. The molecule has 17 heavy (non-hydrogen) atoms. The fourth-order valence-electron chi connectivity index (χ4n) is 2.16. The maximum absolute atomic E-state index is 12.0. The summed E-state index contributed by atoms with van der Waals surface area (Å²) in [6, 6.07) is 0. The van der Waals surface area contributed by atoms with Crippen LogP contribution < -0.4 is 5.32 Å². The van der Waals surface area contributed by atoms with Gasteiger partial charge in [-0.3, -0.25) is 9.59 Å². The minimum atomic E-state index is -0.949. The second kappa shape index (κ2) is 4.60. The Bertz CT molecular complexity index is 349. The predicted octanol–water partition coefficient (Wildman–Crippen LogP) is -1.06. The third-order valence-electron chi connectivity index (χ3n) is 3.19. The van der Waals surface area contributed by atoms with Crippen LogP contribution in [0.3, 0.4) is 0 Å². The molecule has 0 saturated carbocycles. The molecular weight excluding hydrogens is 226 g/mol. The van der Waals surface area contributed by atoms with Gasteiger partial charge in [-0.25, -0.2) is 4.79 Å². The Balaban J connectivity index is 1.86. The van der Waals surface area contributed by atoms with Gasteiger partial charge in [-0.1, -0.05) is 0 Å². The first kappa shape index (κ1) is 11.7. The molecule has 2 aliphatic heterocycles. The van der Waals surface area contributed by atoms with E-state index in [1.165, 1.54) is 4.90 Å². The molecule has 2 heterocycles. The molecule has 3 amide bonds. The first-order valence-corrected chi connectivity index (χ1v) is 5.61. The zero-order valence-corrected chi connectivity index (χ0v) is 9.39. The molecule has 0 radical (unpaired) electrons. The lowest BCUT2D eigenvalue weighted by atomic mass is 10.1. The molecule has 2 saturated heterocycles. The number of rotatable bonds is 1. The SMILES string of the molecule is O=C1CC(C(=O)N2CCN(C(=O)O)CC2)CN1. The summed E-state index contributed by atoms with van der Waals surface area (Å²) < 4.78 is 0. The van der Waals surface area contributed by atoms with E-state index in [1.54, 1.807) is 4.90 Å². The minimum absolute atomic E-state index is 0.0478. The molecule has 94 valence electrons. The van der Waals surface area contributed by atoms with E-state index in [1.807, 2.05) is 0 Å². The molecule has 7 heteroatoms. The van der Waals surface area contributed by atoms with Gasteiger partial charge in [-0.05, 0) is 0 Å². The van der Waals surface area contributed by atoms with Crippen LogP contribution in [0.25, 0.3) is 0 Å². The van der Waals surface area contributed by atoms with Crippen molar-refractivity contribution in [2.75, 3.05) is 32.7 Å². The predicted molar refractivity (Wildman–Crippen MR) is 57.3 cm³/mol. The monoisotopic (exact) mass is 241 g/mol. The lowest BCUT2D eigenvalue weighted by Gasteiger charge is -2.34.